The number of rotatable bonds is 2. The number of hydrogen-bond acceptors (Lipinski definition) is 1. The second-order valence-corrected chi connectivity index (χ2v) is 3.80. The number of alkyl halides is 1. The van der Waals surface area contributed by atoms with E-state index in [0.717, 1.165) is 23.6 Å². The van der Waals surface area contributed by atoms with Gasteiger partial charge in [0.15, 0.2) is 0 Å². The third-order valence-corrected chi connectivity index (χ3v) is 2.28. The van der Waals surface area contributed by atoms with E-state index in [-0.39, 0.29) is 0 Å². The Morgan fingerprint density at radius 2 is 2.29 bits per heavy atom. The van der Waals surface area contributed by atoms with Crippen LogP contribution in [-0.2, 0) is 0 Å². The van der Waals surface area contributed by atoms with Crippen LogP contribution < -0.4 is 0 Å². The van der Waals surface area contributed by atoms with E-state index in [1.54, 1.807) is 18.2 Å². The van der Waals surface area contributed by atoms with E-state index in [0.29, 0.717) is 10.6 Å². The van der Waals surface area contributed by atoms with Gasteiger partial charge >= 0.3 is 0 Å². The molecule has 1 rings (SSSR count). The molecule has 0 N–H and O–H groups in total. The van der Waals surface area contributed by atoms with Gasteiger partial charge in [-0.15, -0.1) is 0 Å². The summed E-state index contributed by atoms with van der Waals surface area (Å²) in [5.41, 5.74) is 1.33. The number of benzene rings is 1. The molecular formula is C11H8BrClO. The molecule has 72 valence electrons. The molecule has 0 spiro atoms. The monoisotopic (exact) mass is 270 g/mol. The number of carbonyl (C=O) groups is 1. The van der Waals surface area contributed by atoms with Gasteiger partial charge in [-0.2, -0.15) is 0 Å². The molecule has 1 aromatic carbocycles. The molecule has 1 aromatic rings. The first-order valence-electron chi connectivity index (χ1n) is 4.07. The summed E-state index contributed by atoms with van der Waals surface area (Å²) in [6.07, 6.45) is 1.55. The number of aldehydes is 1. The second-order valence-electron chi connectivity index (χ2n) is 2.60. The van der Waals surface area contributed by atoms with E-state index in [9.17, 15) is 4.79 Å². The van der Waals surface area contributed by atoms with Gasteiger partial charge in [0.1, 0.15) is 6.29 Å². The van der Waals surface area contributed by atoms with Crippen molar-refractivity contribution in [2.75, 3.05) is 5.33 Å². The summed E-state index contributed by atoms with van der Waals surface area (Å²) in [6.45, 7) is 0. The summed E-state index contributed by atoms with van der Waals surface area (Å²) in [7, 11) is 0. The summed E-state index contributed by atoms with van der Waals surface area (Å²) in [5.74, 6) is 5.90. The average Bonchev–Trinajstić information content (AvgIpc) is 2.20. The van der Waals surface area contributed by atoms with Crippen molar-refractivity contribution in [3.05, 3.63) is 34.3 Å². The number of hydrogen-bond donors (Lipinski definition) is 0. The van der Waals surface area contributed by atoms with Gasteiger partial charge < -0.3 is 0 Å². The minimum Gasteiger partial charge on any atom is -0.298 e. The van der Waals surface area contributed by atoms with E-state index < -0.39 is 0 Å². The highest BCUT2D eigenvalue weighted by atomic mass is 79.9. The molecule has 14 heavy (non-hydrogen) atoms. The zero-order chi connectivity index (χ0) is 10.4. The fourth-order valence-corrected chi connectivity index (χ4v) is 1.35. The number of carbonyl (C=O) groups excluding carboxylic acids is 1. The minimum absolute atomic E-state index is 0.525. The summed E-state index contributed by atoms with van der Waals surface area (Å²) < 4.78 is 0. The predicted molar refractivity (Wildman–Crippen MR) is 62.1 cm³/mol. The zero-order valence-electron chi connectivity index (χ0n) is 7.39. The van der Waals surface area contributed by atoms with Crippen LogP contribution in [0, 0.1) is 11.8 Å². The van der Waals surface area contributed by atoms with Gasteiger partial charge in [0.25, 0.3) is 0 Å². The lowest BCUT2D eigenvalue weighted by Gasteiger charge is -1.95. The largest absolute Gasteiger partial charge is 0.298 e. The highest BCUT2D eigenvalue weighted by Crippen LogP contribution is 2.15. The minimum atomic E-state index is 0.525. The van der Waals surface area contributed by atoms with Crippen molar-refractivity contribution in [1.82, 2.24) is 0 Å². The van der Waals surface area contributed by atoms with Gasteiger partial charge in [0, 0.05) is 22.9 Å². The molecule has 0 radical (unpaired) electrons. The fourth-order valence-electron chi connectivity index (χ4n) is 0.911. The van der Waals surface area contributed by atoms with Gasteiger partial charge in [0.05, 0.1) is 5.02 Å². The maximum absolute atomic E-state index is 10.4. The molecule has 0 fully saturated rings. The lowest BCUT2D eigenvalue weighted by atomic mass is 10.1. The summed E-state index contributed by atoms with van der Waals surface area (Å²) in [6, 6.07) is 5.08. The maximum atomic E-state index is 10.4. The van der Waals surface area contributed by atoms with Crippen LogP contribution in [0.5, 0.6) is 0 Å². The molecule has 3 heteroatoms. The molecule has 0 saturated carbocycles. The van der Waals surface area contributed by atoms with E-state index in [4.69, 9.17) is 11.6 Å². The smallest absolute Gasteiger partial charge is 0.150 e. The molecule has 0 aromatic heterocycles. The van der Waals surface area contributed by atoms with Crippen molar-refractivity contribution in [1.29, 1.82) is 0 Å². The Kier molecular flexibility index (Phi) is 4.72. The SMILES string of the molecule is O=Cc1ccc(C#CCCBr)c(Cl)c1. The molecule has 0 heterocycles. The van der Waals surface area contributed by atoms with Crippen LogP contribution >= 0.6 is 27.5 Å². The van der Waals surface area contributed by atoms with Crippen LogP contribution in [-0.4, -0.2) is 11.6 Å². The Balaban J connectivity index is 2.90. The highest BCUT2D eigenvalue weighted by Gasteiger charge is 1.97. The van der Waals surface area contributed by atoms with Crippen LogP contribution in [0.4, 0.5) is 0 Å². The first-order chi connectivity index (χ1) is 6.77. The standard InChI is InChI=1S/C11H8BrClO/c12-6-2-1-3-10-5-4-9(8-14)7-11(10)13/h4-5,7-8H,2,6H2. The zero-order valence-corrected chi connectivity index (χ0v) is 9.73. The Morgan fingerprint density at radius 3 is 2.86 bits per heavy atom. The van der Waals surface area contributed by atoms with E-state index in [1.807, 2.05) is 0 Å². The van der Waals surface area contributed by atoms with E-state index >= 15 is 0 Å². The van der Waals surface area contributed by atoms with Crippen LogP contribution in [0.1, 0.15) is 22.3 Å². The van der Waals surface area contributed by atoms with Crippen LogP contribution in [0.2, 0.25) is 5.02 Å². The predicted octanol–water partition coefficient (Wildman–Crippen LogP) is 3.29. The molecule has 0 bridgehead atoms. The van der Waals surface area contributed by atoms with Gasteiger partial charge in [-0.25, -0.2) is 0 Å². The number of halogens is 2. The summed E-state index contributed by atoms with van der Waals surface area (Å²) in [5, 5.41) is 1.38. The molecule has 0 aliphatic rings. The molecular weight excluding hydrogens is 263 g/mol. The van der Waals surface area contributed by atoms with Gasteiger partial charge in [0.2, 0.25) is 0 Å². The van der Waals surface area contributed by atoms with Crippen LogP contribution in [0.25, 0.3) is 0 Å². The van der Waals surface area contributed by atoms with Gasteiger partial charge in [-0.1, -0.05) is 45.4 Å². The van der Waals surface area contributed by atoms with Crippen molar-refractivity contribution in [3.63, 3.8) is 0 Å². The summed E-state index contributed by atoms with van der Waals surface area (Å²) in [4.78, 5) is 10.4. The van der Waals surface area contributed by atoms with Gasteiger partial charge in [-0.3, -0.25) is 4.79 Å². The molecule has 0 aliphatic heterocycles. The first kappa shape index (κ1) is 11.3. The Morgan fingerprint density at radius 1 is 1.50 bits per heavy atom. The first-order valence-corrected chi connectivity index (χ1v) is 5.57. The lowest BCUT2D eigenvalue weighted by Crippen LogP contribution is -1.82. The second kappa shape index (κ2) is 5.85. The van der Waals surface area contributed by atoms with Crippen LogP contribution in [0.15, 0.2) is 18.2 Å². The normalized spacial score (nSPS) is 9.00. The fraction of sp³-hybridized carbons (Fsp3) is 0.182. The molecule has 0 atom stereocenters. The Labute approximate surface area is 96.6 Å². The molecule has 0 unspecified atom stereocenters. The van der Waals surface area contributed by atoms with Crippen LogP contribution in [0.3, 0.4) is 0 Å². The summed E-state index contributed by atoms with van der Waals surface area (Å²) >= 11 is 9.20. The van der Waals surface area contributed by atoms with E-state index in [1.165, 1.54) is 0 Å². The molecule has 0 amide bonds. The molecule has 1 nitrogen and oxygen atoms in total. The maximum Gasteiger partial charge on any atom is 0.150 e. The van der Waals surface area contributed by atoms with Crippen molar-refractivity contribution >= 4 is 33.8 Å². The highest BCUT2D eigenvalue weighted by molar-refractivity contribution is 9.09. The van der Waals surface area contributed by atoms with Crippen molar-refractivity contribution in [2.24, 2.45) is 0 Å². The quantitative estimate of drug-likeness (QED) is 0.458. The van der Waals surface area contributed by atoms with Crippen molar-refractivity contribution < 1.29 is 4.79 Å². The third-order valence-electron chi connectivity index (χ3n) is 1.57. The Hall–Kier alpha value is -0.780. The molecule has 0 saturated heterocycles. The van der Waals surface area contributed by atoms with Gasteiger partial charge in [-0.05, 0) is 12.1 Å². The Bertz CT molecular complexity index is 390. The van der Waals surface area contributed by atoms with Crippen molar-refractivity contribution in [3.8, 4) is 11.8 Å². The average molecular weight is 272 g/mol. The molecule has 0 aliphatic carbocycles. The van der Waals surface area contributed by atoms with E-state index in [2.05, 4.69) is 27.8 Å². The van der Waals surface area contributed by atoms with Crippen molar-refractivity contribution in [2.45, 2.75) is 6.42 Å². The topological polar surface area (TPSA) is 17.1 Å². The third kappa shape index (κ3) is 3.17. The lowest BCUT2D eigenvalue weighted by molar-refractivity contribution is 0.112.